The van der Waals surface area contributed by atoms with Gasteiger partial charge in [0.25, 0.3) is 0 Å². The largest absolute Gasteiger partial charge is 0.474 e. The van der Waals surface area contributed by atoms with Crippen molar-refractivity contribution in [3.63, 3.8) is 0 Å². The average molecular weight is 253 g/mol. The smallest absolute Gasteiger partial charge is 0.328 e. The van der Waals surface area contributed by atoms with Gasteiger partial charge in [-0.15, -0.1) is 0 Å². The molecule has 0 aromatic rings. The summed E-state index contributed by atoms with van der Waals surface area (Å²) in [6.07, 6.45) is 3.64. The van der Waals surface area contributed by atoms with Crippen LogP contribution in [0, 0.1) is 0 Å². The van der Waals surface area contributed by atoms with Crippen LogP contribution in [0.25, 0.3) is 0 Å². The topological polar surface area (TPSA) is 70.8 Å². The summed E-state index contributed by atoms with van der Waals surface area (Å²) in [5.74, 6) is 0. The van der Waals surface area contributed by atoms with E-state index in [0.29, 0.717) is 19.8 Å². The minimum atomic E-state index is -3.38. The molecule has 0 radical (unpaired) electrons. The first-order chi connectivity index (χ1) is 7.68. The number of hydrogen-bond donors (Lipinski definition) is 1. The molecular weight excluding hydrogens is 229 g/mol. The highest BCUT2D eigenvalue weighted by Crippen LogP contribution is 2.49. The third-order valence-electron chi connectivity index (χ3n) is 1.86. The summed E-state index contributed by atoms with van der Waals surface area (Å²) >= 11 is 0. The lowest BCUT2D eigenvalue weighted by Gasteiger charge is -2.17. The van der Waals surface area contributed by atoms with Gasteiger partial charge in [-0.25, -0.2) is 4.57 Å². The van der Waals surface area contributed by atoms with Crippen LogP contribution in [0.2, 0.25) is 0 Å². The van der Waals surface area contributed by atoms with Crippen molar-refractivity contribution in [1.29, 1.82) is 0 Å². The minimum absolute atomic E-state index is 0.190. The van der Waals surface area contributed by atoms with E-state index in [9.17, 15) is 4.57 Å². The molecule has 0 unspecified atom stereocenters. The zero-order valence-electron chi connectivity index (χ0n) is 10.3. The zero-order valence-corrected chi connectivity index (χ0v) is 11.2. The van der Waals surface area contributed by atoms with Gasteiger partial charge in [0.05, 0.1) is 19.8 Å². The van der Waals surface area contributed by atoms with Crippen LogP contribution in [0.5, 0.6) is 0 Å². The predicted molar refractivity (Wildman–Crippen MR) is 64.3 cm³/mol. The Kier molecular flexibility index (Phi) is 10.3. The molecule has 6 heteroatoms. The number of rotatable bonds is 11. The molecule has 0 aliphatic rings. The fraction of sp³-hybridized carbons (Fsp3) is 1.00. The van der Waals surface area contributed by atoms with Crippen LogP contribution in [-0.2, 0) is 18.1 Å². The SMILES string of the molecule is CCCCOP(=O)(OCCN)OCCCC. The maximum absolute atomic E-state index is 12.0. The van der Waals surface area contributed by atoms with Crippen molar-refractivity contribution >= 4 is 7.82 Å². The van der Waals surface area contributed by atoms with Crippen molar-refractivity contribution < 1.29 is 18.1 Å². The fourth-order valence-electron chi connectivity index (χ4n) is 0.918. The van der Waals surface area contributed by atoms with Crippen molar-refractivity contribution in [2.75, 3.05) is 26.4 Å². The third kappa shape index (κ3) is 8.25. The van der Waals surface area contributed by atoms with Crippen LogP contribution in [0.15, 0.2) is 0 Å². The molecule has 5 nitrogen and oxygen atoms in total. The monoisotopic (exact) mass is 253 g/mol. The van der Waals surface area contributed by atoms with E-state index < -0.39 is 7.82 Å². The van der Waals surface area contributed by atoms with E-state index in [2.05, 4.69) is 0 Å². The lowest BCUT2D eigenvalue weighted by molar-refractivity contribution is 0.113. The van der Waals surface area contributed by atoms with Gasteiger partial charge in [0.1, 0.15) is 0 Å². The van der Waals surface area contributed by atoms with E-state index in [4.69, 9.17) is 19.3 Å². The Morgan fingerprint density at radius 3 is 1.75 bits per heavy atom. The molecule has 0 aromatic carbocycles. The Morgan fingerprint density at radius 2 is 1.38 bits per heavy atom. The molecule has 2 N–H and O–H groups in total. The van der Waals surface area contributed by atoms with Gasteiger partial charge >= 0.3 is 7.82 Å². The Morgan fingerprint density at radius 1 is 0.938 bits per heavy atom. The second-order valence-electron chi connectivity index (χ2n) is 3.44. The summed E-state index contributed by atoms with van der Waals surface area (Å²) in [7, 11) is -3.38. The molecule has 0 heterocycles. The van der Waals surface area contributed by atoms with Crippen LogP contribution in [0.1, 0.15) is 39.5 Å². The molecule has 0 rings (SSSR count). The van der Waals surface area contributed by atoms with E-state index in [-0.39, 0.29) is 6.61 Å². The Hall–Kier alpha value is 0.0700. The lowest BCUT2D eigenvalue weighted by atomic mass is 10.4. The quantitative estimate of drug-likeness (QED) is 0.453. The zero-order chi connectivity index (χ0) is 12.3. The summed E-state index contributed by atoms with van der Waals surface area (Å²) in [5, 5.41) is 0. The standard InChI is InChI=1S/C10H24NO4P/c1-3-5-8-13-16(12,15-10-7-11)14-9-6-4-2/h3-11H2,1-2H3. The molecule has 0 aliphatic heterocycles. The van der Waals surface area contributed by atoms with Gasteiger partial charge in [-0.1, -0.05) is 26.7 Å². The Bertz CT molecular complexity index is 187. The molecule has 0 aromatic heterocycles. The highest BCUT2D eigenvalue weighted by molar-refractivity contribution is 7.48. The number of phosphoric ester groups is 1. The maximum Gasteiger partial charge on any atom is 0.474 e. The highest BCUT2D eigenvalue weighted by atomic mass is 31.2. The number of hydrogen-bond acceptors (Lipinski definition) is 5. The predicted octanol–water partition coefficient (Wildman–Crippen LogP) is 2.70. The van der Waals surface area contributed by atoms with Crippen molar-refractivity contribution in [2.24, 2.45) is 5.73 Å². The first-order valence-corrected chi connectivity index (χ1v) is 7.38. The average Bonchev–Trinajstić information content (AvgIpc) is 2.27. The number of nitrogens with two attached hydrogens (primary N) is 1. The molecule has 0 amide bonds. The summed E-state index contributed by atoms with van der Waals surface area (Å²) in [6.45, 7) is 5.35. The minimum Gasteiger partial charge on any atom is -0.328 e. The second-order valence-corrected chi connectivity index (χ2v) is 5.11. The Labute approximate surface area is 98.3 Å². The normalized spacial score (nSPS) is 11.9. The molecule has 0 spiro atoms. The van der Waals surface area contributed by atoms with E-state index in [0.717, 1.165) is 25.7 Å². The molecule has 0 bridgehead atoms. The Balaban J connectivity index is 3.97. The van der Waals surface area contributed by atoms with E-state index in [1.165, 1.54) is 0 Å². The van der Waals surface area contributed by atoms with Crippen LogP contribution < -0.4 is 5.73 Å². The van der Waals surface area contributed by atoms with E-state index >= 15 is 0 Å². The van der Waals surface area contributed by atoms with E-state index in [1.807, 2.05) is 13.8 Å². The maximum atomic E-state index is 12.0. The molecule has 0 atom stereocenters. The fourth-order valence-corrected chi connectivity index (χ4v) is 2.18. The molecule has 0 saturated carbocycles. The van der Waals surface area contributed by atoms with Gasteiger partial charge in [0.15, 0.2) is 0 Å². The van der Waals surface area contributed by atoms with Crippen LogP contribution in [0.3, 0.4) is 0 Å². The third-order valence-corrected chi connectivity index (χ3v) is 3.36. The number of unbranched alkanes of at least 4 members (excludes halogenated alkanes) is 2. The van der Waals surface area contributed by atoms with Gasteiger partial charge in [-0.3, -0.25) is 13.6 Å². The molecule has 0 aliphatic carbocycles. The number of phosphoric acid groups is 1. The lowest BCUT2D eigenvalue weighted by Crippen LogP contribution is -2.10. The summed E-state index contributed by atoms with van der Waals surface area (Å²) in [5.41, 5.74) is 5.29. The summed E-state index contributed by atoms with van der Waals surface area (Å²) < 4.78 is 27.4. The molecule has 98 valence electrons. The van der Waals surface area contributed by atoms with Crippen molar-refractivity contribution in [2.45, 2.75) is 39.5 Å². The van der Waals surface area contributed by atoms with Crippen molar-refractivity contribution in [3.8, 4) is 0 Å². The molecule has 0 saturated heterocycles. The van der Waals surface area contributed by atoms with Gasteiger partial charge in [-0.2, -0.15) is 0 Å². The van der Waals surface area contributed by atoms with Gasteiger partial charge in [0.2, 0.25) is 0 Å². The first kappa shape index (κ1) is 16.1. The van der Waals surface area contributed by atoms with Crippen molar-refractivity contribution in [3.05, 3.63) is 0 Å². The second kappa shape index (κ2) is 10.2. The van der Waals surface area contributed by atoms with Crippen molar-refractivity contribution in [1.82, 2.24) is 0 Å². The molecule has 16 heavy (non-hydrogen) atoms. The first-order valence-electron chi connectivity index (χ1n) is 5.92. The van der Waals surface area contributed by atoms with Gasteiger partial charge < -0.3 is 5.73 Å². The van der Waals surface area contributed by atoms with Crippen LogP contribution in [-0.4, -0.2) is 26.4 Å². The van der Waals surface area contributed by atoms with Crippen LogP contribution >= 0.6 is 7.82 Å². The van der Waals surface area contributed by atoms with E-state index in [1.54, 1.807) is 0 Å². The van der Waals surface area contributed by atoms with Crippen LogP contribution in [0.4, 0.5) is 0 Å². The summed E-state index contributed by atoms with van der Waals surface area (Å²) in [6, 6.07) is 0. The van der Waals surface area contributed by atoms with Gasteiger partial charge in [-0.05, 0) is 12.8 Å². The molecular formula is C10H24NO4P. The molecule has 0 fully saturated rings. The summed E-state index contributed by atoms with van der Waals surface area (Å²) in [4.78, 5) is 0. The highest BCUT2D eigenvalue weighted by Gasteiger charge is 2.25. The van der Waals surface area contributed by atoms with Gasteiger partial charge in [0, 0.05) is 6.54 Å².